The van der Waals surface area contributed by atoms with E-state index in [1.807, 2.05) is 0 Å². The van der Waals surface area contributed by atoms with Gasteiger partial charge >= 0.3 is 5.97 Å². The van der Waals surface area contributed by atoms with Crippen molar-refractivity contribution in [2.45, 2.75) is 0 Å². The maximum Gasteiger partial charge on any atom is 0.391 e. The molecule has 0 aromatic heterocycles. The normalized spacial score (nSPS) is 8.12. The molecular formula is C3H7N3O2. The predicted octanol–water partition coefficient (Wildman–Crippen LogP) is -1.40. The number of hydrogen-bond donors (Lipinski definition) is 3. The topological polar surface area (TPSA) is 88.2 Å². The second-order valence-electron chi connectivity index (χ2n) is 1.01. The van der Waals surface area contributed by atoms with E-state index in [-0.39, 0.29) is 0 Å². The summed E-state index contributed by atoms with van der Waals surface area (Å²) in [6, 6.07) is 0. The number of rotatable bonds is 1. The van der Waals surface area contributed by atoms with Crippen molar-refractivity contribution >= 4 is 11.8 Å². The van der Waals surface area contributed by atoms with Gasteiger partial charge in [-0.2, -0.15) is 5.48 Å². The Balaban J connectivity index is 3.49. The van der Waals surface area contributed by atoms with Gasteiger partial charge in [-0.25, -0.2) is 4.79 Å². The minimum absolute atomic E-state index is 0.612. The highest BCUT2D eigenvalue weighted by Crippen LogP contribution is 1.66. The molecule has 0 radical (unpaired) electrons. The molecule has 0 saturated heterocycles. The summed E-state index contributed by atoms with van der Waals surface area (Å²) in [7, 11) is 1.40. The van der Waals surface area contributed by atoms with E-state index in [9.17, 15) is 4.79 Å². The van der Waals surface area contributed by atoms with Gasteiger partial charge in [-0.05, 0) is 0 Å². The van der Waals surface area contributed by atoms with Gasteiger partial charge in [0.05, 0.1) is 0 Å². The Labute approximate surface area is 46.3 Å². The van der Waals surface area contributed by atoms with Crippen LogP contribution < -0.4 is 11.2 Å². The summed E-state index contributed by atoms with van der Waals surface area (Å²) in [6.45, 7) is 0. The Morgan fingerprint density at radius 1 is 1.88 bits per heavy atom. The third-order valence-electron chi connectivity index (χ3n) is 0.415. The van der Waals surface area contributed by atoms with Crippen molar-refractivity contribution in [1.29, 1.82) is 5.41 Å². The molecule has 0 aliphatic heterocycles. The van der Waals surface area contributed by atoms with Gasteiger partial charge in [-0.15, -0.1) is 0 Å². The van der Waals surface area contributed by atoms with Gasteiger partial charge in [-0.3, -0.25) is 5.41 Å². The van der Waals surface area contributed by atoms with Crippen LogP contribution in [-0.4, -0.2) is 18.9 Å². The van der Waals surface area contributed by atoms with Gasteiger partial charge in [-0.1, -0.05) is 0 Å². The summed E-state index contributed by atoms with van der Waals surface area (Å²) in [4.78, 5) is 14.2. The molecule has 0 aliphatic carbocycles. The number of amidine groups is 1. The van der Waals surface area contributed by atoms with Crippen LogP contribution in [-0.2, 0) is 9.63 Å². The molecule has 46 valence electrons. The molecule has 0 bridgehead atoms. The fourth-order valence-corrected chi connectivity index (χ4v) is 0.148. The zero-order valence-electron chi connectivity index (χ0n) is 4.39. The van der Waals surface area contributed by atoms with E-state index in [1.165, 1.54) is 7.05 Å². The van der Waals surface area contributed by atoms with Crippen molar-refractivity contribution in [3.8, 4) is 0 Å². The van der Waals surface area contributed by atoms with E-state index >= 15 is 0 Å². The largest absolute Gasteiger partial charge is 0.391 e. The average molecular weight is 117 g/mol. The van der Waals surface area contributed by atoms with Crippen LogP contribution in [0.4, 0.5) is 0 Å². The minimum Gasteiger partial charge on any atom is -0.378 e. The van der Waals surface area contributed by atoms with Crippen molar-refractivity contribution in [3.63, 3.8) is 0 Å². The summed E-state index contributed by atoms with van der Waals surface area (Å²) in [5.74, 6) is -1.48. The SMILES string of the molecule is CNOC(=O)C(=N)N. The van der Waals surface area contributed by atoms with Crippen molar-refractivity contribution in [3.05, 3.63) is 0 Å². The molecule has 5 heteroatoms. The third-order valence-corrected chi connectivity index (χ3v) is 0.415. The highest BCUT2D eigenvalue weighted by Gasteiger charge is 2.02. The first-order chi connectivity index (χ1) is 3.68. The third kappa shape index (κ3) is 2.14. The molecule has 0 fully saturated rings. The number of nitrogens with two attached hydrogens (primary N) is 1. The van der Waals surface area contributed by atoms with E-state index in [2.05, 4.69) is 10.3 Å². The average Bonchev–Trinajstić information content (AvgIpc) is 1.67. The second kappa shape index (κ2) is 2.98. The molecule has 8 heavy (non-hydrogen) atoms. The number of nitrogens with one attached hydrogen (secondary N) is 2. The Hall–Kier alpha value is -1.10. The van der Waals surface area contributed by atoms with Crippen LogP contribution in [0.2, 0.25) is 0 Å². The lowest BCUT2D eigenvalue weighted by atomic mass is 10.6. The lowest BCUT2D eigenvalue weighted by Crippen LogP contribution is -2.28. The summed E-state index contributed by atoms with van der Waals surface area (Å²) in [5.41, 5.74) is 6.77. The van der Waals surface area contributed by atoms with Crippen LogP contribution in [0, 0.1) is 5.41 Å². The lowest BCUT2D eigenvalue weighted by molar-refractivity contribution is -0.141. The Kier molecular flexibility index (Phi) is 2.57. The smallest absolute Gasteiger partial charge is 0.378 e. The molecule has 0 aliphatic rings. The molecule has 0 atom stereocenters. The van der Waals surface area contributed by atoms with Gasteiger partial charge in [0.2, 0.25) is 5.84 Å². The molecule has 4 N–H and O–H groups in total. The summed E-state index contributed by atoms with van der Waals surface area (Å²) < 4.78 is 0. The molecule has 0 unspecified atom stereocenters. The lowest BCUT2D eigenvalue weighted by Gasteiger charge is -1.95. The highest BCUT2D eigenvalue weighted by atomic mass is 16.7. The Morgan fingerprint density at radius 3 is 2.50 bits per heavy atom. The number of hydrogen-bond acceptors (Lipinski definition) is 4. The quantitative estimate of drug-likeness (QED) is 0.224. The van der Waals surface area contributed by atoms with Crippen LogP contribution in [0.5, 0.6) is 0 Å². The molecule has 0 spiro atoms. The monoisotopic (exact) mass is 117 g/mol. The highest BCUT2D eigenvalue weighted by molar-refractivity contribution is 6.33. The predicted molar refractivity (Wildman–Crippen MR) is 27.1 cm³/mol. The van der Waals surface area contributed by atoms with E-state index in [0.717, 1.165) is 0 Å². The maximum absolute atomic E-state index is 10.1. The molecule has 0 rings (SSSR count). The number of carbonyl (C=O) groups excluding carboxylic acids is 1. The summed E-state index contributed by atoms with van der Waals surface area (Å²) in [6.07, 6.45) is 0. The van der Waals surface area contributed by atoms with Gasteiger partial charge in [0, 0.05) is 7.05 Å². The molecule has 0 saturated carbocycles. The van der Waals surface area contributed by atoms with Crippen LogP contribution in [0.3, 0.4) is 0 Å². The van der Waals surface area contributed by atoms with E-state index < -0.39 is 11.8 Å². The Morgan fingerprint density at radius 2 is 2.38 bits per heavy atom. The van der Waals surface area contributed by atoms with Gasteiger partial charge in [0.25, 0.3) is 0 Å². The molecular weight excluding hydrogens is 110 g/mol. The fraction of sp³-hybridized carbons (Fsp3) is 0.333. The van der Waals surface area contributed by atoms with Gasteiger partial charge in [0.1, 0.15) is 0 Å². The summed E-state index contributed by atoms with van der Waals surface area (Å²) >= 11 is 0. The molecule has 0 amide bonds. The molecule has 5 nitrogen and oxygen atoms in total. The first-order valence-corrected chi connectivity index (χ1v) is 1.90. The maximum atomic E-state index is 10.1. The van der Waals surface area contributed by atoms with Crippen molar-refractivity contribution in [1.82, 2.24) is 5.48 Å². The first-order valence-electron chi connectivity index (χ1n) is 1.90. The van der Waals surface area contributed by atoms with Crippen LogP contribution >= 0.6 is 0 Å². The molecule has 0 heterocycles. The van der Waals surface area contributed by atoms with Crippen LogP contribution in [0.25, 0.3) is 0 Å². The van der Waals surface area contributed by atoms with Crippen molar-refractivity contribution < 1.29 is 9.63 Å². The second-order valence-corrected chi connectivity index (χ2v) is 1.01. The van der Waals surface area contributed by atoms with Crippen LogP contribution in [0.15, 0.2) is 0 Å². The molecule has 0 aromatic carbocycles. The Bertz CT molecular complexity index is 111. The zero-order valence-corrected chi connectivity index (χ0v) is 4.39. The minimum atomic E-state index is -0.868. The van der Waals surface area contributed by atoms with Gasteiger partial charge < -0.3 is 10.6 Å². The zero-order chi connectivity index (χ0) is 6.57. The van der Waals surface area contributed by atoms with Crippen molar-refractivity contribution in [2.24, 2.45) is 5.73 Å². The number of carbonyl (C=O) groups is 1. The van der Waals surface area contributed by atoms with E-state index in [0.29, 0.717) is 0 Å². The standard InChI is InChI=1S/C3H7N3O2/c1-6-8-3(7)2(4)5/h6H,1H3,(H3,4,5). The van der Waals surface area contributed by atoms with E-state index in [4.69, 9.17) is 11.1 Å². The van der Waals surface area contributed by atoms with Crippen LogP contribution in [0.1, 0.15) is 0 Å². The molecule has 0 aromatic rings. The summed E-state index contributed by atoms with van der Waals surface area (Å²) in [5, 5.41) is 6.47. The number of hydroxylamine groups is 1. The fourth-order valence-electron chi connectivity index (χ4n) is 0.148. The van der Waals surface area contributed by atoms with E-state index in [1.54, 1.807) is 0 Å². The first kappa shape index (κ1) is 6.90. The van der Waals surface area contributed by atoms with Crippen molar-refractivity contribution in [2.75, 3.05) is 7.05 Å². The van der Waals surface area contributed by atoms with Gasteiger partial charge in [0.15, 0.2) is 0 Å².